The van der Waals surface area contributed by atoms with Crippen LogP contribution in [0.2, 0.25) is 0 Å². The van der Waals surface area contributed by atoms with Gasteiger partial charge in [-0.2, -0.15) is 0 Å². The quantitative estimate of drug-likeness (QED) is 0.401. The number of nitrogen functional groups attached to an aromatic ring is 1. The molecule has 0 bridgehead atoms. The molecule has 0 radical (unpaired) electrons. The topological polar surface area (TPSA) is 47.3 Å². The van der Waals surface area contributed by atoms with Crippen LogP contribution in [0.3, 0.4) is 0 Å². The fourth-order valence-electron chi connectivity index (χ4n) is 0.764. The van der Waals surface area contributed by atoms with Crippen molar-refractivity contribution in [3.8, 4) is 5.75 Å². The Morgan fingerprint density at radius 1 is 1.36 bits per heavy atom. The van der Waals surface area contributed by atoms with E-state index < -0.39 is 0 Å². The Bertz CT molecular complexity index is 194. The van der Waals surface area contributed by atoms with Crippen molar-refractivity contribution in [3.05, 3.63) is 24.3 Å². The zero-order valence-corrected chi connectivity index (χ0v) is 6.93. The average Bonchev–Trinajstić information content (AvgIpc) is 2.04. The summed E-state index contributed by atoms with van der Waals surface area (Å²) in [5, 5.41) is 0. The highest BCUT2D eigenvalue weighted by Crippen LogP contribution is 2.21. The van der Waals surface area contributed by atoms with Crippen LogP contribution < -0.4 is 28.4 Å². The van der Waals surface area contributed by atoms with E-state index >= 15 is 0 Å². The lowest BCUT2D eigenvalue weighted by molar-refractivity contribution is -0.00000241. The van der Waals surface area contributed by atoms with E-state index in [0.717, 1.165) is 11.4 Å². The fraction of sp³-hybridized carbons (Fsp3) is 0.143. The SMILES string of the molecule is COc1ccccc1NN.[Cl-]. The summed E-state index contributed by atoms with van der Waals surface area (Å²) in [6.07, 6.45) is 0. The molecule has 0 aliphatic rings. The monoisotopic (exact) mass is 173 g/mol. The molecule has 0 heterocycles. The Hall–Kier alpha value is -0.930. The largest absolute Gasteiger partial charge is 1.00 e. The number of rotatable bonds is 2. The molecule has 0 fully saturated rings. The summed E-state index contributed by atoms with van der Waals surface area (Å²) in [6, 6.07) is 7.46. The van der Waals surface area contributed by atoms with Gasteiger partial charge in [0.25, 0.3) is 0 Å². The summed E-state index contributed by atoms with van der Waals surface area (Å²) in [7, 11) is 1.61. The highest BCUT2D eigenvalue weighted by Gasteiger charge is 1.95. The first-order valence-corrected chi connectivity index (χ1v) is 2.98. The van der Waals surface area contributed by atoms with Crippen LogP contribution in [0.4, 0.5) is 5.69 Å². The van der Waals surface area contributed by atoms with Gasteiger partial charge in [-0.25, -0.2) is 0 Å². The first-order valence-electron chi connectivity index (χ1n) is 2.98. The summed E-state index contributed by atoms with van der Waals surface area (Å²) < 4.78 is 4.99. The Morgan fingerprint density at radius 3 is 2.45 bits per heavy atom. The molecular formula is C7H10ClN2O-. The Kier molecular flexibility index (Phi) is 4.41. The van der Waals surface area contributed by atoms with Crippen LogP contribution in [0.15, 0.2) is 24.3 Å². The van der Waals surface area contributed by atoms with Gasteiger partial charge in [0.1, 0.15) is 5.75 Å². The maximum absolute atomic E-state index is 5.20. The number of halogens is 1. The van der Waals surface area contributed by atoms with E-state index in [9.17, 15) is 0 Å². The number of hydrogen-bond acceptors (Lipinski definition) is 3. The molecule has 0 aliphatic heterocycles. The van der Waals surface area contributed by atoms with Crippen molar-refractivity contribution >= 4 is 5.69 Å². The number of nitrogens with one attached hydrogen (secondary N) is 1. The molecule has 0 amide bonds. The summed E-state index contributed by atoms with van der Waals surface area (Å²) in [6.45, 7) is 0. The van der Waals surface area contributed by atoms with Crippen molar-refractivity contribution in [3.63, 3.8) is 0 Å². The lowest BCUT2D eigenvalue weighted by atomic mass is 10.3. The summed E-state index contributed by atoms with van der Waals surface area (Å²) in [5.41, 5.74) is 3.32. The maximum Gasteiger partial charge on any atom is 0.143 e. The summed E-state index contributed by atoms with van der Waals surface area (Å²) >= 11 is 0. The van der Waals surface area contributed by atoms with Crippen LogP contribution >= 0.6 is 0 Å². The average molecular weight is 174 g/mol. The van der Waals surface area contributed by atoms with E-state index in [1.165, 1.54) is 0 Å². The first-order chi connectivity index (χ1) is 4.88. The van der Waals surface area contributed by atoms with E-state index in [0.29, 0.717) is 0 Å². The molecule has 0 atom stereocenters. The maximum atomic E-state index is 5.20. The van der Waals surface area contributed by atoms with E-state index in [1.54, 1.807) is 7.11 Å². The Morgan fingerprint density at radius 2 is 2.00 bits per heavy atom. The normalized spacial score (nSPS) is 8.18. The molecule has 0 aliphatic carbocycles. The minimum Gasteiger partial charge on any atom is -1.00 e. The third-order valence-electron chi connectivity index (χ3n) is 1.26. The molecule has 0 aromatic heterocycles. The van der Waals surface area contributed by atoms with Crippen LogP contribution in [-0.2, 0) is 0 Å². The van der Waals surface area contributed by atoms with E-state index in [1.807, 2.05) is 24.3 Å². The van der Waals surface area contributed by atoms with Gasteiger partial charge in [-0.3, -0.25) is 5.84 Å². The molecule has 0 saturated heterocycles. The lowest BCUT2D eigenvalue weighted by Crippen LogP contribution is -3.00. The van der Waals surface area contributed by atoms with E-state index in [-0.39, 0.29) is 12.4 Å². The minimum atomic E-state index is 0. The third kappa shape index (κ3) is 2.29. The molecule has 1 aromatic carbocycles. The van der Waals surface area contributed by atoms with Gasteiger partial charge in [0, 0.05) is 0 Å². The number of benzene rings is 1. The van der Waals surface area contributed by atoms with Gasteiger partial charge in [0.15, 0.2) is 0 Å². The van der Waals surface area contributed by atoms with Gasteiger partial charge in [0.2, 0.25) is 0 Å². The van der Waals surface area contributed by atoms with Crippen LogP contribution in [0, 0.1) is 0 Å². The lowest BCUT2D eigenvalue weighted by Gasteiger charge is -2.05. The van der Waals surface area contributed by atoms with Crippen molar-refractivity contribution in [2.24, 2.45) is 5.84 Å². The van der Waals surface area contributed by atoms with E-state index in [4.69, 9.17) is 10.6 Å². The van der Waals surface area contributed by atoms with Gasteiger partial charge in [-0.15, -0.1) is 0 Å². The van der Waals surface area contributed by atoms with Gasteiger partial charge in [-0.1, -0.05) is 12.1 Å². The van der Waals surface area contributed by atoms with Crippen molar-refractivity contribution in [1.29, 1.82) is 0 Å². The molecule has 0 unspecified atom stereocenters. The van der Waals surface area contributed by atoms with Crippen LogP contribution in [0.1, 0.15) is 0 Å². The number of nitrogens with two attached hydrogens (primary N) is 1. The molecule has 0 saturated carbocycles. The molecule has 4 heteroatoms. The van der Waals surface area contributed by atoms with Crippen molar-refractivity contribution in [2.45, 2.75) is 0 Å². The van der Waals surface area contributed by atoms with Crippen LogP contribution in [0.5, 0.6) is 5.75 Å². The highest BCUT2D eigenvalue weighted by atomic mass is 35.5. The highest BCUT2D eigenvalue weighted by molar-refractivity contribution is 5.54. The smallest absolute Gasteiger partial charge is 0.143 e. The van der Waals surface area contributed by atoms with Crippen molar-refractivity contribution in [1.82, 2.24) is 0 Å². The molecule has 1 aromatic rings. The molecule has 3 nitrogen and oxygen atoms in total. The molecule has 3 N–H and O–H groups in total. The molecule has 62 valence electrons. The van der Waals surface area contributed by atoms with Crippen molar-refractivity contribution in [2.75, 3.05) is 12.5 Å². The molecule has 11 heavy (non-hydrogen) atoms. The van der Waals surface area contributed by atoms with Crippen molar-refractivity contribution < 1.29 is 17.1 Å². The van der Waals surface area contributed by atoms with Crippen LogP contribution in [-0.4, -0.2) is 7.11 Å². The Balaban J connectivity index is 0.000001000. The second-order valence-corrected chi connectivity index (χ2v) is 1.84. The standard InChI is InChI=1S/C7H10N2O.ClH/c1-10-7-5-3-2-4-6(7)9-8;/h2-5,9H,8H2,1H3;1H/p-1. The number of para-hydroxylation sites is 2. The molecular weight excluding hydrogens is 164 g/mol. The first kappa shape index (κ1) is 10.1. The van der Waals surface area contributed by atoms with Gasteiger partial charge in [0.05, 0.1) is 12.8 Å². The summed E-state index contributed by atoms with van der Waals surface area (Å²) in [5.74, 6) is 5.95. The molecule has 0 spiro atoms. The van der Waals surface area contributed by atoms with Crippen LogP contribution in [0.25, 0.3) is 0 Å². The zero-order valence-electron chi connectivity index (χ0n) is 6.17. The second-order valence-electron chi connectivity index (χ2n) is 1.84. The fourth-order valence-corrected chi connectivity index (χ4v) is 0.764. The number of ether oxygens (including phenoxy) is 1. The second kappa shape index (κ2) is 4.82. The number of methoxy groups -OCH3 is 1. The number of hydrazine groups is 1. The Labute approximate surface area is 71.9 Å². The number of anilines is 1. The predicted molar refractivity (Wildman–Crippen MR) is 40.8 cm³/mol. The third-order valence-corrected chi connectivity index (χ3v) is 1.26. The predicted octanol–water partition coefficient (Wildman–Crippen LogP) is -2.02. The van der Waals surface area contributed by atoms with Gasteiger partial charge >= 0.3 is 0 Å². The zero-order chi connectivity index (χ0) is 7.40. The minimum absolute atomic E-state index is 0. The summed E-state index contributed by atoms with van der Waals surface area (Å²) in [4.78, 5) is 0. The number of hydrogen-bond donors (Lipinski definition) is 2. The van der Waals surface area contributed by atoms with Gasteiger partial charge in [-0.05, 0) is 12.1 Å². The van der Waals surface area contributed by atoms with E-state index in [2.05, 4.69) is 5.43 Å². The molecule has 1 rings (SSSR count). The van der Waals surface area contributed by atoms with Gasteiger partial charge < -0.3 is 22.6 Å².